The molecule has 3 nitrogen and oxygen atoms in total. The molecule has 96 valence electrons. The molecule has 3 heteroatoms. The Morgan fingerprint density at radius 3 is 2.33 bits per heavy atom. The Hall–Kier alpha value is -1.74. The first-order chi connectivity index (χ1) is 8.70. The van der Waals surface area contributed by atoms with Crippen molar-refractivity contribution in [2.75, 3.05) is 7.11 Å². The molecule has 0 amide bonds. The van der Waals surface area contributed by atoms with Gasteiger partial charge in [-0.05, 0) is 43.7 Å². The summed E-state index contributed by atoms with van der Waals surface area (Å²) in [5, 5.41) is 3.50. The van der Waals surface area contributed by atoms with E-state index in [9.17, 15) is 0 Å². The molecule has 18 heavy (non-hydrogen) atoms. The Morgan fingerprint density at radius 1 is 1.06 bits per heavy atom. The van der Waals surface area contributed by atoms with E-state index in [0.29, 0.717) is 0 Å². The molecule has 0 saturated heterocycles. The average Bonchev–Trinajstić information content (AvgIpc) is 2.92. The first-order valence-corrected chi connectivity index (χ1v) is 6.14. The quantitative estimate of drug-likeness (QED) is 0.872. The minimum Gasteiger partial charge on any atom is -0.497 e. The monoisotopic (exact) mass is 245 g/mol. The average molecular weight is 245 g/mol. The first kappa shape index (κ1) is 12.7. The Bertz CT molecular complexity index is 462. The maximum Gasteiger partial charge on any atom is 0.120 e. The molecular weight excluding hydrogens is 226 g/mol. The van der Waals surface area contributed by atoms with E-state index in [2.05, 4.69) is 31.3 Å². The summed E-state index contributed by atoms with van der Waals surface area (Å²) >= 11 is 0. The lowest BCUT2D eigenvalue weighted by Gasteiger charge is -2.19. The number of ether oxygens (including phenoxy) is 1. The van der Waals surface area contributed by atoms with Crippen molar-refractivity contribution in [3.8, 4) is 5.75 Å². The van der Waals surface area contributed by atoms with E-state index < -0.39 is 0 Å². The van der Waals surface area contributed by atoms with E-state index >= 15 is 0 Å². The highest BCUT2D eigenvalue weighted by Gasteiger charge is 2.12. The molecule has 0 saturated carbocycles. The lowest BCUT2D eigenvalue weighted by Crippen LogP contribution is -2.22. The Morgan fingerprint density at radius 2 is 1.78 bits per heavy atom. The summed E-state index contributed by atoms with van der Waals surface area (Å²) in [6.45, 7) is 4.24. The van der Waals surface area contributed by atoms with Gasteiger partial charge in [0.2, 0.25) is 0 Å². The lowest BCUT2D eigenvalue weighted by molar-refractivity contribution is 0.401. The molecule has 0 aliphatic rings. The van der Waals surface area contributed by atoms with Gasteiger partial charge in [0.15, 0.2) is 0 Å². The summed E-state index contributed by atoms with van der Waals surface area (Å²) in [4.78, 5) is 0. The number of hydrogen-bond acceptors (Lipinski definition) is 3. The molecule has 0 aliphatic carbocycles. The zero-order chi connectivity index (χ0) is 13.0. The smallest absolute Gasteiger partial charge is 0.120 e. The number of methoxy groups -OCH3 is 1. The van der Waals surface area contributed by atoms with Gasteiger partial charge in [-0.1, -0.05) is 12.1 Å². The number of furan rings is 1. The molecule has 0 bridgehead atoms. The maximum atomic E-state index is 5.39. The zero-order valence-electron chi connectivity index (χ0n) is 11.0. The molecule has 0 fully saturated rings. The van der Waals surface area contributed by atoms with E-state index in [1.807, 2.05) is 24.3 Å². The van der Waals surface area contributed by atoms with Crippen molar-refractivity contribution in [2.24, 2.45) is 0 Å². The molecule has 1 aromatic carbocycles. The van der Waals surface area contributed by atoms with Gasteiger partial charge in [-0.25, -0.2) is 0 Å². The van der Waals surface area contributed by atoms with Gasteiger partial charge < -0.3 is 14.5 Å². The highest BCUT2D eigenvalue weighted by molar-refractivity contribution is 5.29. The molecule has 2 aromatic rings. The molecule has 2 atom stereocenters. The minimum atomic E-state index is 0.192. The van der Waals surface area contributed by atoms with Crippen molar-refractivity contribution in [1.29, 1.82) is 0 Å². The predicted molar refractivity (Wildman–Crippen MR) is 71.7 cm³/mol. The van der Waals surface area contributed by atoms with Crippen LogP contribution < -0.4 is 10.1 Å². The van der Waals surface area contributed by atoms with E-state index in [1.165, 1.54) is 5.56 Å². The SMILES string of the molecule is COc1ccc(C(C)N[C@H](C)c2ccco2)cc1. The van der Waals surface area contributed by atoms with Gasteiger partial charge >= 0.3 is 0 Å². The number of nitrogens with one attached hydrogen (secondary N) is 1. The molecule has 0 spiro atoms. The summed E-state index contributed by atoms with van der Waals surface area (Å²) < 4.78 is 10.5. The normalized spacial score (nSPS) is 14.2. The molecular formula is C15H19NO2. The first-order valence-electron chi connectivity index (χ1n) is 6.14. The van der Waals surface area contributed by atoms with Crippen LogP contribution in [0.25, 0.3) is 0 Å². The van der Waals surface area contributed by atoms with E-state index in [-0.39, 0.29) is 12.1 Å². The molecule has 0 radical (unpaired) electrons. The van der Waals surface area contributed by atoms with Crippen molar-refractivity contribution in [1.82, 2.24) is 5.32 Å². The van der Waals surface area contributed by atoms with Gasteiger partial charge in [0.1, 0.15) is 11.5 Å². The van der Waals surface area contributed by atoms with Crippen molar-refractivity contribution >= 4 is 0 Å². The van der Waals surface area contributed by atoms with Gasteiger partial charge in [0.05, 0.1) is 19.4 Å². The van der Waals surface area contributed by atoms with Crippen molar-refractivity contribution < 1.29 is 9.15 Å². The highest BCUT2D eigenvalue weighted by Crippen LogP contribution is 2.21. The van der Waals surface area contributed by atoms with Gasteiger partial charge in [-0.2, -0.15) is 0 Å². The topological polar surface area (TPSA) is 34.4 Å². The van der Waals surface area contributed by atoms with Crippen LogP contribution in [0.2, 0.25) is 0 Å². The second kappa shape index (κ2) is 5.74. The Balaban J connectivity index is 2.00. The van der Waals surface area contributed by atoms with Crippen LogP contribution in [0.5, 0.6) is 5.75 Å². The van der Waals surface area contributed by atoms with Crippen molar-refractivity contribution in [2.45, 2.75) is 25.9 Å². The van der Waals surface area contributed by atoms with Crippen LogP contribution in [0.15, 0.2) is 47.1 Å². The van der Waals surface area contributed by atoms with Crippen molar-refractivity contribution in [3.05, 3.63) is 54.0 Å². The lowest BCUT2D eigenvalue weighted by atomic mass is 10.1. The largest absolute Gasteiger partial charge is 0.497 e. The molecule has 2 rings (SSSR count). The number of hydrogen-bond donors (Lipinski definition) is 1. The van der Waals surface area contributed by atoms with Gasteiger partial charge in [-0.3, -0.25) is 0 Å². The summed E-state index contributed by atoms with van der Waals surface area (Å²) in [6.07, 6.45) is 1.70. The van der Waals surface area contributed by atoms with Crippen LogP contribution in [-0.4, -0.2) is 7.11 Å². The van der Waals surface area contributed by atoms with E-state index in [1.54, 1.807) is 13.4 Å². The molecule has 0 aliphatic heterocycles. The Kier molecular flexibility index (Phi) is 4.05. The standard InChI is InChI=1S/C15H19NO2/c1-11(13-6-8-14(17-3)9-7-13)16-12(2)15-5-4-10-18-15/h4-12,16H,1-3H3/t11?,12-/m1/s1. The number of rotatable bonds is 5. The third-order valence-electron chi connectivity index (χ3n) is 3.09. The third kappa shape index (κ3) is 2.93. The van der Waals surface area contributed by atoms with Gasteiger partial charge in [-0.15, -0.1) is 0 Å². The second-order valence-corrected chi connectivity index (χ2v) is 4.40. The molecule has 1 aromatic heterocycles. The van der Waals surface area contributed by atoms with E-state index in [0.717, 1.165) is 11.5 Å². The van der Waals surface area contributed by atoms with E-state index in [4.69, 9.17) is 9.15 Å². The third-order valence-corrected chi connectivity index (χ3v) is 3.09. The summed E-state index contributed by atoms with van der Waals surface area (Å²) in [7, 11) is 1.68. The van der Waals surface area contributed by atoms with Crippen LogP contribution >= 0.6 is 0 Å². The summed E-state index contributed by atoms with van der Waals surface area (Å²) in [5.41, 5.74) is 1.23. The summed E-state index contributed by atoms with van der Waals surface area (Å²) in [5.74, 6) is 1.83. The fourth-order valence-electron chi connectivity index (χ4n) is 1.98. The van der Waals surface area contributed by atoms with Crippen LogP contribution in [0.3, 0.4) is 0 Å². The predicted octanol–water partition coefficient (Wildman–Crippen LogP) is 3.70. The minimum absolute atomic E-state index is 0.192. The van der Waals surface area contributed by atoms with Crippen LogP contribution in [0.1, 0.15) is 37.3 Å². The highest BCUT2D eigenvalue weighted by atomic mass is 16.5. The Labute approximate surface area is 108 Å². The van der Waals surface area contributed by atoms with Crippen molar-refractivity contribution in [3.63, 3.8) is 0 Å². The van der Waals surface area contributed by atoms with Gasteiger partial charge in [0.25, 0.3) is 0 Å². The fourth-order valence-corrected chi connectivity index (χ4v) is 1.98. The van der Waals surface area contributed by atoms with Crippen LogP contribution in [0.4, 0.5) is 0 Å². The molecule has 1 unspecified atom stereocenters. The molecule has 1 heterocycles. The zero-order valence-corrected chi connectivity index (χ0v) is 11.0. The summed E-state index contributed by atoms with van der Waals surface area (Å²) in [6, 6.07) is 12.4. The maximum absolute atomic E-state index is 5.39. The number of benzene rings is 1. The van der Waals surface area contributed by atoms with Crippen LogP contribution in [0, 0.1) is 0 Å². The van der Waals surface area contributed by atoms with Gasteiger partial charge in [0, 0.05) is 6.04 Å². The molecule has 1 N–H and O–H groups in total. The second-order valence-electron chi connectivity index (χ2n) is 4.40. The fraction of sp³-hybridized carbons (Fsp3) is 0.333. The van der Waals surface area contributed by atoms with Crippen LogP contribution in [-0.2, 0) is 0 Å².